The highest BCUT2D eigenvalue weighted by atomic mass is 19.4. The van der Waals surface area contributed by atoms with E-state index in [1.54, 1.807) is 0 Å². The molecule has 1 aromatic rings. The highest BCUT2D eigenvalue weighted by Crippen LogP contribution is 2.33. The average molecular weight is 429 g/mol. The topological polar surface area (TPSA) is 70.2 Å². The van der Waals surface area contributed by atoms with Gasteiger partial charge in [0.1, 0.15) is 6.67 Å². The van der Waals surface area contributed by atoms with E-state index >= 15 is 0 Å². The number of benzene rings is 1. The number of carbonyl (C=O) groups excluding carboxylic acids is 2. The first kappa shape index (κ1) is 22.5. The van der Waals surface area contributed by atoms with Gasteiger partial charge in [-0.15, -0.1) is 0 Å². The molecule has 0 aromatic heterocycles. The third-order valence-electron chi connectivity index (χ3n) is 5.80. The molecule has 1 aromatic carbocycles. The molecule has 0 radical (unpaired) electrons. The molecule has 1 saturated carbocycles. The van der Waals surface area contributed by atoms with E-state index in [1.165, 1.54) is 6.07 Å². The SMILES string of the molecule is O=C(C[C@H]1CC[C@@H](NC(=O)[C@H]2CCCN2)CC1)Nc1cc(CF)cc(C(F)(F)F)c1. The van der Waals surface area contributed by atoms with Crippen LogP contribution in [0.25, 0.3) is 0 Å². The summed E-state index contributed by atoms with van der Waals surface area (Å²) < 4.78 is 51.7. The zero-order valence-corrected chi connectivity index (χ0v) is 16.7. The van der Waals surface area contributed by atoms with E-state index in [0.717, 1.165) is 57.2 Å². The van der Waals surface area contributed by atoms with Crippen molar-refractivity contribution >= 4 is 17.5 Å². The fraction of sp³-hybridized carbons (Fsp3) is 0.619. The van der Waals surface area contributed by atoms with Crippen molar-refractivity contribution in [1.29, 1.82) is 0 Å². The highest BCUT2D eigenvalue weighted by molar-refractivity contribution is 5.91. The molecule has 5 nitrogen and oxygen atoms in total. The summed E-state index contributed by atoms with van der Waals surface area (Å²) in [6, 6.07) is 2.76. The van der Waals surface area contributed by atoms with Crippen LogP contribution in [0, 0.1) is 5.92 Å². The van der Waals surface area contributed by atoms with Gasteiger partial charge in [-0.05, 0) is 74.8 Å². The molecule has 1 saturated heterocycles. The van der Waals surface area contributed by atoms with Crippen LogP contribution in [0.15, 0.2) is 18.2 Å². The maximum atomic E-state index is 13.0. The lowest BCUT2D eigenvalue weighted by Gasteiger charge is -2.29. The molecule has 1 aliphatic carbocycles. The number of hydrogen-bond acceptors (Lipinski definition) is 3. The first-order valence-corrected chi connectivity index (χ1v) is 10.4. The fourth-order valence-corrected chi connectivity index (χ4v) is 4.20. The molecular weight excluding hydrogens is 402 g/mol. The smallest absolute Gasteiger partial charge is 0.352 e. The Balaban J connectivity index is 1.47. The molecule has 9 heteroatoms. The Labute approximate surface area is 173 Å². The average Bonchev–Trinajstić information content (AvgIpc) is 3.23. The Kier molecular flexibility index (Phi) is 7.33. The van der Waals surface area contributed by atoms with Crippen LogP contribution in [0.1, 0.15) is 56.1 Å². The Hall–Kier alpha value is -2.16. The third kappa shape index (κ3) is 6.17. The predicted molar refractivity (Wildman–Crippen MR) is 104 cm³/mol. The summed E-state index contributed by atoms with van der Waals surface area (Å²) in [4.78, 5) is 24.5. The van der Waals surface area contributed by atoms with Crippen LogP contribution in [-0.2, 0) is 22.4 Å². The zero-order valence-electron chi connectivity index (χ0n) is 16.7. The maximum Gasteiger partial charge on any atom is 0.416 e. The number of nitrogens with one attached hydrogen (secondary N) is 3. The number of anilines is 1. The number of rotatable bonds is 6. The molecule has 0 unspecified atom stereocenters. The highest BCUT2D eigenvalue weighted by Gasteiger charge is 2.32. The lowest BCUT2D eigenvalue weighted by Crippen LogP contribution is -2.46. The lowest BCUT2D eigenvalue weighted by atomic mass is 9.84. The first-order valence-electron chi connectivity index (χ1n) is 10.4. The molecule has 1 heterocycles. The molecule has 1 atom stereocenters. The molecule has 2 aliphatic rings. The van der Waals surface area contributed by atoms with Crippen molar-refractivity contribution in [3.05, 3.63) is 29.3 Å². The van der Waals surface area contributed by atoms with Crippen LogP contribution in [0.2, 0.25) is 0 Å². The van der Waals surface area contributed by atoms with Gasteiger partial charge in [-0.2, -0.15) is 13.2 Å². The van der Waals surface area contributed by atoms with Crippen molar-refractivity contribution in [3.63, 3.8) is 0 Å². The summed E-state index contributed by atoms with van der Waals surface area (Å²) in [6.45, 7) is -0.183. The van der Waals surface area contributed by atoms with Gasteiger partial charge in [-0.25, -0.2) is 4.39 Å². The van der Waals surface area contributed by atoms with Gasteiger partial charge >= 0.3 is 6.18 Å². The Morgan fingerprint density at radius 2 is 1.80 bits per heavy atom. The molecule has 30 heavy (non-hydrogen) atoms. The number of alkyl halides is 4. The molecule has 0 bridgehead atoms. The Morgan fingerprint density at radius 1 is 1.07 bits per heavy atom. The number of hydrogen-bond donors (Lipinski definition) is 3. The van der Waals surface area contributed by atoms with Gasteiger partial charge in [0.2, 0.25) is 11.8 Å². The van der Waals surface area contributed by atoms with Crippen LogP contribution in [-0.4, -0.2) is 30.4 Å². The second-order valence-corrected chi connectivity index (χ2v) is 8.18. The Bertz CT molecular complexity index is 755. The second kappa shape index (κ2) is 9.76. The monoisotopic (exact) mass is 429 g/mol. The van der Waals surface area contributed by atoms with Crippen molar-refractivity contribution in [2.24, 2.45) is 5.92 Å². The molecule has 1 aliphatic heterocycles. The minimum Gasteiger partial charge on any atom is -0.352 e. The summed E-state index contributed by atoms with van der Waals surface area (Å²) in [5.41, 5.74) is -1.17. The quantitative estimate of drug-likeness (QED) is 0.600. The van der Waals surface area contributed by atoms with E-state index in [-0.39, 0.29) is 47.5 Å². The minimum atomic E-state index is -4.61. The van der Waals surface area contributed by atoms with Gasteiger partial charge in [-0.1, -0.05) is 0 Å². The number of halogens is 4. The standard InChI is InChI=1S/C21H27F4N3O2/c22-12-14-8-15(21(23,24)25)11-17(9-14)27-19(29)10-13-3-5-16(6-4-13)28-20(30)18-2-1-7-26-18/h8-9,11,13,16,18,26H,1-7,10,12H2,(H,27,29)(H,28,30)/t13-,16+,18-/m1/s1. The van der Waals surface area contributed by atoms with Crippen molar-refractivity contribution in [2.75, 3.05) is 11.9 Å². The van der Waals surface area contributed by atoms with Crippen LogP contribution in [0.5, 0.6) is 0 Å². The minimum absolute atomic E-state index is 0.0295. The summed E-state index contributed by atoms with van der Waals surface area (Å²) in [5.74, 6) is -0.252. The largest absolute Gasteiger partial charge is 0.416 e. The Morgan fingerprint density at radius 3 is 2.40 bits per heavy atom. The molecule has 2 amide bonds. The molecule has 0 spiro atoms. The van der Waals surface area contributed by atoms with Crippen molar-refractivity contribution < 1.29 is 27.2 Å². The number of amides is 2. The van der Waals surface area contributed by atoms with Gasteiger partial charge < -0.3 is 16.0 Å². The van der Waals surface area contributed by atoms with Gasteiger partial charge in [-0.3, -0.25) is 9.59 Å². The molecule has 2 fully saturated rings. The van der Waals surface area contributed by atoms with E-state index in [0.29, 0.717) is 0 Å². The first-order chi connectivity index (χ1) is 14.2. The summed E-state index contributed by atoms with van der Waals surface area (Å²) in [6.07, 6.45) is 0.481. The molecule has 3 rings (SSSR count). The number of carbonyl (C=O) groups is 2. The normalized spacial score (nSPS) is 24.5. The van der Waals surface area contributed by atoms with Gasteiger partial charge in [0.05, 0.1) is 11.6 Å². The summed E-state index contributed by atoms with van der Waals surface area (Å²) >= 11 is 0. The van der Waals surface area contributed by atoms with Crippen LogP contribution < -0.4 is 16.0 Å². The second-order valence-electron chi connectivity index (χ2n) is 8.18. The summed E-state index contributed by atoms with van der Waals surface area (Å²) in [5, 5.41) is 8.70. The predicted octanol–water partition coefficient (Wildman–Crippen LogP) is 3.93. The molecule has 3 N–H and O–H groups in total. The zero-order chi connectivity index (χ0) is 21.7. The molecule has 166 valence electrons. The van der Waals surface area contributed by atoms with E-state index in [4.69, 9.17) is 0 Å². The van der Waals surface area contributed by atoms with Gasteiger partial charge in [0.15, 0.2) is 0 Å². The van der Waals surface area contributed by atoms with Gasteiger partial charge in [0.25, 0.3) is 0 Å². The van der Waals surface area contributed by atoms with E-state index < -0.39 is 18.4 Å². The summed E-state index contributed by atoms with van der Waals surface area (Å²) in [7, 11) is 0. The fourth-order valence-electron chi connectivity index (χ4n) is 4.20. The van der Waals surface area contributed by atoms with E-state index in [9.17, 15) is 27.2 Å². The third-order valence-corrected chi connectivity index (χ3v) is 5.80. The maximum absolute atomic E-state index is 13.0. The van der Waals surface area contributed by atoms with Crippen molar-refractivity contribution in [2.45, 2.75) is 69.9 Å². The van der Waals surface area contributed by atoms with Crippen molar-refractivity contribution in [1.82, 2.24) is 10.6 Å². The van der Waals surface area contributed by atoms with Gasteiger partial charge in [0, 0.05) is 18.2 Å². The van der Waals surface area contributed by atoms with E-state index in [1.807, 2.05) is 0 Å². The van der Waals surface area contributed by atoms with Crippen molar-refractivity contribution in [3.8, 4) is 0 Å². The lowest BCUT2D eigenvalue weighted by molar-refractivity contribution is -0.137. The van der Waals surface area contributed by atoms with Crippen LogP contribution >= 0.6 is 0 Å². The van der Waals surface area contributed by atoms with E-state index in [2.05, 4.69) is 16.0 Å². The van der Waals surface area contributed by atoms with Crippen LogP contribution in [0.3, 0.4) is 0 Å². The molecular formula is C21H27F4N3O2. The van der Waals surface area contributed by atoms with Crippen LogP contribution in [0.4, 0.5) is 23.2 Å².